The number of hydrogen-bond donors (Lipinski definition) is 3. The highest BCUT2D eigenvalue weighted by Crippen LogP contribution is 2.13. The minimum Gasteiger partial charge on any atom is -0.366 e. The summed E-state index contributed by atoms with van der Waals surface area (Å²) >= 11 is 0. The summed E-state index contributed by atoms with van der Waals surface area (Å²) in [5.74, 6) is -0.630. The molecule has 2 aromatic rings. The van der Waals surface area contributed by atoms with Gasteiger partial charge < -0.3 is 11.1 Å². The summed E-state index contributed by atoms with van der Waals surface area (Å²) in [7, 11) is 0. The molecule has 0 spiro atoms. The molecule has 2 rings (SSSR count). The lowest BCUT2D eigenvalue weighted by atomic mass is 10.1. The van der Waals surface area contributed by atoms with E-state index in [9.17, 15) is 9.59 Å². The van der Waals surface area contributed by atoms with Crippen LogP contribution in [0.2, 0.25) is 0 Å². The van der Waals surface area contributed by atoms with Crippen LogP contribution in [0.15, 0.2) is 54.6 Å². The van der Waals surface area contributed by atoms with Gasteiger partial charge in [-0.2, -0.15) is 0 Å². The van der Waals surface area contributed by atoms with E-state index in [0.717, 1.165) is 5.56 Å². The van der Waals surface area contributed by atoms with E-state index >= 15 is 0 Å². The van der Waals surface area contributed by atoms with Crippen LogP contribution in [0.1, 0.15) is 35.8 Å². The molecule has 0 saturated heterocycles. The van der Waals surface area contributed by atoms with E-state index in [-0.39, 0.29) is 18.0 Å². The topological polar surface area (TPSA) is 84.2 Å². The third-order valence-electron chi connectivity index (χ3n) is 3.63. The molecule has 0 saturated carbocycles. The van der Waals surface area contributed by atoms with Crippen molar-refractivity contribution < 1.29 is 9.59 Å². The predicted molar refractivity (Wildman–Crippen MR) is 91.0 cm³/mol. The summed E-state index contributed by atoms with van der Waals surface area (Å²) in [4.78, 5) is 23.3. The van der Waals surface area contributed by atoms with Gasteiger partial charge in [0.15, 0.2) is 0 Å². The first-order chi connectivity index (χ1) is 11.0. The van der Waals surface area contributed by atoms with Crippen molar-refractivity contribution in [3.8, 4) is 0 Å². The van der Waals surface area contributed by atoms with E-state index in [2.05, 4.69) is 10.6 Å². The molecule has 2 amide bonds. The van der Waals surface area contributed by atoms with Gasteiger partial charge in [0.1, 0.15) is 0 Å². The highest BCUT2D eigenvalue weighted by molar-refractivity contribution is 5.96. The first-order valence-electron chi connectivity index (χ1n) is 7.49. The Morgan fingerprint density at radius 2 is 1.57 bits per heavy atom. The lowest BCUT2D eigenvalue weighted by Gasteiger charge is -2.20. The van der Waals surface area contributed by atoms with Crippen molar-refractivity contribution >= 4 is 17.5 Å². The number of carbonyl (C=O) groups is 2. The number of amides is 2. The fourth-order valence-electron chi connectivity index (χ4n) is 2.26. The van der Waals surface area contributed by atoms with E-state index in [1.807, 2.05) is 44.2 Å². The zero-order valence-corrected chi connectivity index (χ0v) is 13.2. The van der Waals surface area contributed by atoms with Gasteiger partial charge in [0.25, 0.3) is 0 Å². The summed E-state index contributed by atoms with van der Waals surface area (Å²) in [6, 6.07) is 16.1. The van der Waals surface area contributed by atoms with Crippen molar-refractivity contribution in [2.24, 2.45) is 5.73 Å². The molecule has 0 aromatic heterocycles. The summed E-state index contributed by atoms with van der Waals surface area (Å²) in [6.07, 6.45) is 0. The standard InChI is InChI=1S/C18H21N3O2/c1-12(14-6-4-3-5-7-14)20-13(2)18(23)21-16-10-8-15(9-11-16)17(19)22/h3-13,20H,1-2H3,(H2,19,22)(H,21,23)/t12-,13-/m1/s1. The molecule has 0 radical (unpaired) electrons. The quantitative estimate of drug-likeness (QED) is 0.766. The minimum absolute atomic E-state index is 0.0641. The maximum Gasteiger partial charge on any atom is 0.248 e. The van der Waals surface area contributed by atoms with Gasteiger partial charge in [0.05, 0.1) is 6.04 Å². The lowest BCUT2D eigenvalue weighted by Crippen LogP contribution is -2.39. The van der Waals surface area contributed by atoms with Crippen molar-refractivity contribution in [2.75, 3.05) is 5.32 Å². The van der Waals surface area contributed by atoms with E-state index in [4.69, 9.17) is 5.73 Å². The summed E-state index contributed by atoms with van der Waals surface area (Å²) in [6.45, 7) is 3.83. The molecule has 0 bridgehead atoms. The van der Waals surface area contributed by atoms with Crippen LogP contribution in [0.25, 0.3) is 0 Å². The molecule has 0 heterocycles. The second-order valence-electron chi connectivity index (χ2n) is 5.45. The zero-order chi connectivity index (χ0) is 16.8. The number of primary amides is 1. The fourth-order valence-corrected chi connectivity index (χ4v) is 2.26. The Labute approximate surface area is 135 Å². The molecule has 0 fully saturated rings. The highest BCUT2D eigenvalue weighted by Gasteiger charge is 2.16. The molecule has 2 aromatic carbocycles. The summed E-state index contributed by atoms with van der Waals surface area (Å²) < 4.78 is 0. The van der Waals surface area contributed by atoms with Crippen LogP contribution >= 0.6 is 0 Å². The average Bonchev–Trinajstić information content (AvgIpc) is 2.56. The van der Waals surface area contributed by atoms with Crippen molar-refractivity contribution in [1.82, 2.24) is 5.32 Å². The maximum atomic E-state index is 12.2. The van der Waals surface area contributed by atoms with Crippen molar-refractivity contribution in [3.05, 3.63) is 65.7 Å². The van der Waals surface area contributed by atoms with Crippen molar-refractivity contribution in [3.63, 3.8) is 0 Å². The van der Waals surface area contributed by atoms with Gasteiger partial charge in [-0.3, -0.25) is 14.9 Å². The normalized spacial score (nSPS) is 13.1. The molecule has 0 aliphatic carbocycles. The molecule has 23 heavy (non-hydrogen) atoms. The molecular weight excluding hydrogens is 290 g/mol. The van der Waals surface area contributed by atoms with Crippen LogP contribution in [-0.4, -0.2) is 17.9 Å². The molecule has 0 aliphatic heterocycles. The van der Waals surface area contributed by atoms with E-state index in [1.165, 1.54) is 0 Å². The van der Waals surface area contributed by atoms with Gasteiger partial charge in [0.2, 0.25) is 11.8 Å². The Hall–Kier alpha value is -2.66. The van der Waals surface area contributed by atoms with Crippen molar-refractivity contribution in [2.45, 2.75) is 25.9 Å². The van der Waals surface area contributed by atoms with Gasteiger partial charge >= 0.3 is 0 Å². The molecule has 5 nitrogen and oxygen atoms in total. The predicted octanol–water partition coefficient (Wildman–Crippen LogP) is 2.46. The molecule has 4 N–H and O–H groups in total. The zero-order valence-electron chi connectivity index (χ0n) is 13.2. The molecule has 0 unspecified atom stereocenters. The molecule has 5 heteroatoms. The Kier molecular flexibility index (Phi) is 5.49. The Bertz CT molecular complexity index is 668. The number of nitrogens with two attached hydrogens (primary N) is 1. The van der Waals surface area contributed by atoms with E-state index < -0.39 is 5.91 Å². The Morgan fingerprint density at radius 1 is 0.957 bits per heavy atom. The number of carbonyl (C=O) groups excluding carboxylic acids is 2. The molecule has 2 atom stereocenters. The largest absolute Gasteiger partial charge is 0.366 e. The highest BCUT2D eigenvalue weighted by atomic mass is 16.2. The monoisotopic (exact) mass is 311 g/mol. The summed E-state index contributed by atoms with van der Waals surface area (Å²) in [5.41, 5.74) is 7.35. The second kappa shape index (κ2) is 7.56. The smallest absolute Gasteiger partial charge is 0.248 e. The van der Waals surface area contributed by atoms with Gasteiger partial charge in [-0.1, -0.05) is 30.3 Å². The summed E-state index contributed by atoms with van der Waals surface area (Å²) in [5, 5.41) is 6.07. The van der Waals surface area contributed by atoms with Crippen LogP contribution in [0.4, 0.5) is 5.69 Å². The van der Waals surface area contributed by atoms with Gasteiger partial charge in [0, 0.05) is 17.3 Å². The SMILES string of the molecule is C[C@@H](N[C@H](C)c1ccccc1)C(=O)Nc1ccc(C(N)=O)cc1. The third-order valence-corrected chi connectivity index (χ3v) is 3.63. The lowest BCUT2D eigenvalue weighted by molar-refractivity contribution is -0.117. The van der Waals surface area contributed by atoms with Crippen molar-refractivity contribution in [1.29, 1.82) is 0 Å². The van der Waals surface area contributed by atoms with Gasteiger partial charge in [-0.05, 0) is 43.7 Å². The average molecular weight is 311 g/mol. The Balaban J connectivity index is 1.93. The van der Waals surface area contributed by atoms with Crippen LogP contribution in [-0.2, 0) is 4.79 Å². The molecule has 120 valence electrons. The first-order valence-corrected chi connectivity index (χ1v) is 7.49. The van der Waals surface area contributed by atoms with E-state index in [0.29, 0.717) is 11.3 Å². The number of rotatable bonds is 6. The van der Waals surface area contributed by atoms with Gasteiger partial charge in [-0.15, -0.1) is 0 Å². The first kappa shape index (κ1) is 16.7. The number of anilines is 1. The number of hydrogen-bond acceptors (Lipinski definition) is 3. The van der Waals surface area contributed by atoms with Gasteiger partial charge in [-0.25, -0.2) is 0 Å². The molecular formula is C18H21N3O2. The second-order valence-corrected chi connectivity index (χ2v) is 5.45. The third kappa shape index (κ3) is 4.66. The van der Waals surface area contributed by atoms with Crippen LogP contribution < -0.4 is 16.4 Å². The van der Waals surface area contributed by atoms with E-state index in [1.54, 1.807) is 24.3 Å². The van der Waals surface area contributed by atoms with Crippen LogP contribution in [0, 0.1) is 0 Å². The minimum atomic E-state index is -0.491. The van der Waals surface area contributed by atoms with Crippen LogP contribution in [0.3, 0.4) is 0 Å². The molecule has 0 aliphatic rings. The number of nitrogens with one attached hydrogen (secondary N) is 2. The van der Waals surface area contributed by atoms with Crippen LogP contribution in [0.5, 0.6) is 0 Å². The fraction of sp³-hybridized carbons (Fsp3) is 0.222. The Morgan fingerprint density at radius 3 is 2.13 bits per heavy atom. The number of benzene rings is 2. The maximum absolute atomic E-state index is 12.2.